The van der Waals surface area contributed by atoms with Crippen molar-refractivity contribution in [3.63, 3.8) is 0 Å². The molecule has 0 saturated carbocycles. The van der Waals surface area contributed by atoms with Gasteiger partial charge in [-0.1, -0.05) is 6.07 Å². The number of carboxylic acid groups (broad SMARTS) is 1. The molecule has 2 aromatic rings. The fourth-order valence-electron chi connectivity index (χ4n) is 2.53. The summed E-state index contributed by atoms with van der Waals surface area (Å²) < 4.78 is 2.00. The number of carbonyl (C=O) groups excluding carboxylic acids is 1. The molecule has 0 aliphatic rings. The summed E-state index contributed by atoms with van der Waals surface area (Å²) in [6.45, 7) is 6.11. The van der Waals surface area contributed by atoms with Crippen molar-refractivity contribution in [1.29, 1.82) is 0 Å². The van der Waals surface area contributed by atoms with Crippen LogP contribution in [-0.2, 0) is 6.54 Å². The van der Waals surface area contributed by atoms with Crippen LogP contribution < -0.4 is 0 Å². The minimum Gasteiger partial charge on any atom is -0.478 e. The first kappa shape index (κ1) is 16.7. The Hall–Kier alpha value is -2.63. The van der Waals surface area contributed by atoms with Gasteiger partial charge in [0.2, 0.25) is 0 Å². The molecule has 1 heterocycles. The number of hydrogen-bond donors (Lipinski definition) is 1. The quantitative estimate of drug-likeness (QED) is 0.920. The van der Waals surface area contributed by atoms with E-state index >= 15 is 0 Å². The fourth-order valence-corrected chi connectivity index (χ4v) is 2.53. The van der Waals surface area contributed by atoms with Gasteiger partial charge in [0.05, 0.1) is 12.1 Å². The lowest BCUT2D eigenvalue weighted by Gasteiger charge is -2.20. The van der Waals surface area contributed by atoms with Gasteiger partial charge in [0.15, 0.2) is 0 Å². The smallest absolute Gasteiger partial charge is 0.335 e. The predicted molar refractivity (Wildman–Crippen MR) is 86.5 cm³/mol. The second-order valence-electron chi connectivity index (χ2n) is 5.79. The lowest BCUT2D eigenvalue weighted by molar-refractivity contribution is 0.0696. The zero-order chi connectivity index (χ0) is 17.1. The maximum atomic E-state index is 12.6. The van der Waals surface area contributed by atoms with E-state index in [2.05, 4.69) is 4.98 Å². The van der Waals surface area contributed by atoms with Crippen LogP contribution in [0.1, 0.15) is 52.0 Å². The molecule has 0 bridgehead atoms. The molecule has 23 heavy (non-hydrogen) atoms. The molecule has 0 fully saturated rings. The summed E-state index contributed by atoms with van der Waals surface area (Å²) in [4.78, 5) is 29.7. The lowest BCUT2D eigenvalue weighted by Crippen LogP contribution is -2.29. The molecule has 0 unspecified atom stereocenters. The second kappa shape index (κ2) is 6.64. The van der Waals surface area contributed by atoms with Gasteiger partial charge >= 0.3 is 5.97 Å². The highest BCUT2D eigenvalue weighted by atomic mass is 16.4. The predicted octanol–water partition coefficient (Wildman–Crippen LogP) is 2.74. The van der Waals surface area contributed by atoms with Crippen molar-refractivity contribution >= 4 is 11.9 Å². The standard InChI is InChI=1S/C17H21N3O3/c1-11(2)20-9-8-18-15(20)10-19(4)16(21)13-6-5-7-14(12(13)3)17(22)23/h5-9,11H,10H2,1-4H3,(H,22,23). The van der Waals surface area contributed by atoms with Crippen LogP contribution in [0, 0.1) is 6.92 Å². The molecular weight excluding hydrogens is 294 g/mol. The number of hydrogen-bond acceptors (Lipinski definition) is 3. The molecule has 0 atom stereocenters. The highest BCUT2D eigenvalue weighted by Gasteiger charge is 2.19. The SMILES string of the molecule is Cc1c(C(=O)O)cccc1C(=O)N(C)Cc1nccn1C(C)C. The zero-order valence-corrected chi connectivity index (χ0v) is 13.8. The summed E-state index contributed by atoms with van der Waals surface area (Å²) in [6, 6.07) is 5.00. The highest BCUT2D eigenvalue weighted by molar-refractivity contribution is 5.99. The average Bonchev–Trinajstić information content (AvgIpc) is 2.94. The number of carbonyl (C=O) groups is 2. The van der Waals surface area contributed by atoms with Crippen LogP contribution in [0.5, 0.6) is 0 Å². The van der Waals surface area contributed by atoms with E-state index in [0.29, 0.717) is 17.7 Å². The first-order valence-electron chi connectivity index (χ1n) is 7.43. The summed E-state index contributed by atoms with van der Waals surface area (Å²) in [6.07, 6.45) is 3.60. The normalized spacial score (nSPS) is 10.8. The summed E-state index contributed by atoms with van der Waals surface area (Å²) in [5, 5.41) is 9.18. The lowest BCUT2D eigenvalue weighted by atomic mass is 10.0. The van der Waals surface area contributed by atoms with E-state index in [9.17, 15) is 14.7 Å². The van der Waals surface area contributed by atoms with E-state index in [1.165, 1.54) is 6.07 Å². The summed E-state index contributed by atoms with van der Waals surface area (Å²) >= 11 is 0. The Labute approximate surface area is 135 Å². The van der Waals surface area contributed by atoms with Crippen molar-refractivity contribution in [2.45, 2.75) is 33.4 Å². The molecule has 1 aromatic heterocycles. The van der Waals surface area contributed by atoms with Gasteiger partial charge in [-0.15, -0.1) is 0 Å². The minimum atomic E-state index is -1.03. The Morgan fingerprint density at radius 3 is 2.57 bits per heavy atom. The van der Waals surface area contributed by atoms with Crippen molar-refractivity contribution in [2.24, 2.45) is 0 Å². The van der Waals surface area contributed by atoms with Gasteiger partial charge in [-0.05, 0) is 38.5 Å². The zero-order valence-electron chi connectivity index (χ0n) is 13.8. The molecule has 6 heteroatoms. The number of nitrogens with zero attached hydrogens (tertiary/aromatic N) is 3. The molecule has 2 rings (SSSR count). The van der Waals surface area contributed by atoms with Gasteiger partial charge in [0.1, 0.15) is 5.82 Å². The van der Waals surface area contributed by atoms with Crippen molar-refractivity contribution in [3.05, 3.63) is 53.1 Å². The first-order chi connectivity index (χ1) is 10.8. The monoisotopic (exact) mass is 315 g/mol. The van der Waals surface area contributed by atoms with E-state index in [4.69, 9.17) is 0 Å². The molecular formula is C17H21N3O3. The van der Waals surface area contributed by atoms with Gasteiger partial charge in [0.25, 0.3) is 5.91 Å². The molecule has 0 aliphatic heterocycles. The fraction of sp³-hybridized carbons (Fsp3) is 0.353. The topological polar surface area (TPSA) is 75.4 Å². The van der Waals surface area contributed by atoms with Crippen molar-refractivity contribution in [3.8, 4) is 0 Å². The summed E-state index contributed by atoms with van der Waals surface area (Å²) in [5.74, 6) is -0.457. The maximum Gasteiger partial charge on any atom is 0.335 e. The van der Waals surface area contributed by atoms with Crippen LogP contribution >= 0.6 is 0 Å². The molecule has 0 aliphatic carbocycles. The third-order valence-electron chi connectivity index (χ3n) is 3.83. The van der Waals surface area contributed by atoms with Crippen LogP contribution in [0.2, 0.25) is 0 Å². The molecule has 122 valence electrons. The largest absolute Gasteiger partial charge is 0.478 e. The number of amides is 1. The molecule has 1 amide bonds. The third kappa shape index (κ3) is 3.41. The molecule has 6 nitrogen and oxygen atoms in total. The van der Waals surface area contributed by atoms with Crippen molar-refractivity contribution in [2.75, 3.05) is 7.05 Å². The number of imidazole rings is 1. The third-order valence-corrected chi connectivity index (χ3v) is 3.83. The van der Waals surface area contributed by atoms with Crippen LogP contribution in [0.3, 0.4) is 0 Å². The summed E-state index contributed by atoms with van der Waals surface area (Å²) in [7, 11) is 1.69. The summed E-state index contributed by atoms with van der Waals surface area (Å²) in [5.41, 5.74) is 1.02. The number of benzene rings is 1. The molecule has 0 radical (unpaired) electrons. The number of aromatic nitrogens is 2. The van der Waals surface area contributed by atoms with Gasteiger partial charge < -0.3 is 14.6 Å². The van der Waals surface area contributed by atoms with Gasteiger partial charge in [0, 0.05) is 31.0 Å². The van der Waals surface area contributed by atoms with E-state index in [1.807, 2.05) is 24.6 Å². The van der Waals surface area contributed by atoms with E-state index in [0.717, 1.165) is 5.82 Å². The highest BCUT2D eigenvalue weighted by Crippen LogP contribution is 2.17. The Morgan fingerprint density at radius 2 is 1.96 bits per heavy atom. The number of rotatable bonds is 5. The van der Waals surface area contributed by atoms with E-state index in [1.54, 1.807) is 37.2 Å². The van der Waals surface area contributed by atoms with Crippen molar-refractivity contribution < 1.29 is 14.7 Å². The van der Waals surface area contributed by atoms with Crippen molar-refractivity contribution in [1.82, 2.24) is 14.5 Å². The van der Waals surface area contributed by atoms with Crippen LogP contribution in [-0.4, -0.2) is 38.5 Å². The van der Waals surface area contributed by atoms with Gasteiger partial charge in [-0.2, -0.15) is 0 Å². The minimum absolute atomic E-state index is 0.146. The number of aromatic carboxylic acids is 1. The van der Waals surface area contributed by atoms with Crippen LogP contribution in [0.15, 0.2) is 30.6 Å². The number of carboxylic acids is 1. The maximum absolute atomic E-state index is 12.6. The van der Waals surface area contributed by atoms with E-state index < -0.39 is 5.97 Å². The van der Waals surface area contributed by atoms with Crippen LogP contribution in [0.4, 0.5) is 0 Å². The van der Waals surface area contributed by atoms with Crippen LogP contribution in [0.25, 0.3) is 0 Å². The average molecular weight is 315 g/mol. The Kier molecular flexibility index (Phi) is 4.83. The molecule has 1 aromatic carbocycles. The molecule has 1 N–H and O–H groups in total. The second-order valence-corrected chi connectivity index (χ2v) is 5.79. The Morgan fingerprint density at radius 1 is 1.30 bits per heavy atom. The van der Waals surface area contributed by atoms with Gasteiger partial charge in [-0.25, -0.2) is 9.78 Å². The Balaban J connectivity index is 2.25. The van der Waals surface area contributed by atoms with Gasteiger partial charge in [-0.3, -0.25) is 4.79 Å². The molecule has 0 spiro atoms. The van der Waals surface area contributed by atoms with E-state index in [-0.39, 0.29) is 17.5 Å². The first-order valence-corrected chi connectivity index (χ1v) is 7.43. The Bertz CT molecular complexity index is 734. The molecule has 0 saturated heterocycles.